The van der Waals surface area contributed by atoms with Gasteiger partial charge in [0, 0.05) is 5.92 Å². The third-order valence-corrected chi connectivity index (χ3v) is 4.77. The SMILES string of the molecule is C=CCN(C#N)C(=O)C(Cl)C1C=C(C)CC(C)(C)C1C. The number of amides is 1. The number of carbonyl (C=O) groups excluding carboxylic acids is 1. The van der Waals surface area contributed by atoms with E-state index in [0.29, 0.717) is 0 Å². The van der Waals surface area contributed by atoms with Gasteiger partial charge < -0.3 is 0 Å². The first kappa shape index (κ1) is 16.8. The summed E-state index contributed by atoms with van der Waals surface area (Å²) in [5.41, 5.74) is 1.36. The van der Waals surface area contributed by atoms with E-state index in [2.05, 4.69) is 40.3 Å². The number of alkyl halides is 1. The second-order valence-corrected chi connectivity index (χ2v) is 6.75. The molecule has 110 valence electrons. The third kappa shape index (κ3) is 3.43. The van der Waals surface area contributed by atoms with Gasteiger partial charge in [-0.1, -0.05) is 38.5 Å². The molecular formula is C16H23ClN2O. The summed E-state index contributed by atoms with van der Waals surface area (Å²) in [6.07, 6.45) is 6.51. The largest absolute Gasteiger partial charge is 0.272 e. The maximum Gasteiger partial charge on any atom is 0.254 e. The van der Waals surface area contributed by atoms with Crippen molar-refractivity contribution in [2.45, 2.75) is 39.5 Å². The fourth-order valence-corrected chi connectivity index (χ4v) is 3.30. The average molecular weight is 295 g/mol. The van der Waals surface area contributed by atoms with E-state index in [1.807, 2.05) is 6.19 Å². The van der Waals surface area contributed by atoms with Crippen LogP contribution in [0.5, 0.6) is 0 Å². The van der Waals surface area contributed by atoms with Crippen molar-refractivity contribution in [3.63, 3.8) is 0 Å². The molecule has 0 aromatic carbocycles. The zero-order valence-electron chi connectivity index (χ0n) is 12.7. The number of carbonyl (C=O) groups is 1. The Hall–Kier alpha value is -1.27. The zero-order chi connectivity index (χ0) is 15.5. The standard InChI is InChI=1S/C16H23ClN2O/c1-6-7-19(10-18)15(20)14(17)13-8-11(2)9-16(4,5)12(13)3/h6,8,12-14H,1,7,9H2,2-5H3. The quantitative estimate of drug-likeness (QED) is 0.343. The van der Waals surface area contributed by atoms with Crippen LogP contribution in [0.2, 0.25) is 0 Å². The van der Waals surface area contributed by atoms with Gasteiger partial charge in [-0.3, -0.25) is 4.79 Å². The van der Waals surface area contributed by atoms with Gasteiger partial charge in [0.25, 0.3) is 5.91 Å². The summed E-state index contributed by atoms with van der Waals surface area (Å²) >= 11 is 6.39. The number of hydrogen-bond donors (Lipinski definition) is 0. The number of nitrogens with zero attached hydrogens (tertiary/aromatic N) is 2. The van der Waals surface area contributed by atoms with Crippen molar-refractivity contribution in [1.29, 1.82) is 5.26 Å². The first-order valence-corrected chi connectivity index (χ1v) is 7.31. The van der Waals surface area contributed by atoms with E-state index in [1.54, 1.807) is 0 Å². The van der Waals surface area contributed by atoms with Crippen molar-refractivity contribution < 1.29 is 4.79 Å². The summed E-state index contributed by atoms with van der Waals surface area (Å²) in [6, 6.07) is 0. The Morgan fingerprint density at radius 2 is 2.35 bits per heavy atom. The van der Waals surface area contributed by atoms with Gasteiger partial charge in [0.1, 0.15) is 5.38 Å². The second kappa shape index (κ2) is 6.45. The maximum atomic E-state index is 12.3. The Labute approximate surface area is 126 Å². The molecule has 0 saturated heterocycles. The van der Waals surface area contributed by atoms with Crippen LogP contribution in [0.3, 0.4) is 0 Å². The van der Waals surface area contributed by atoms with Crippen molar-refractivity contribution in [3.05, 3.63) is 24.3 Å². The molecule has 1 amide bonds. The third-order valence-electron chi connectivity index (χ3n) is 4.29. The molecule has 0 aromatic rings. The van der Waals surface area contributed by atoms with Crippen LogP contribution in [0.15, 0.2) is 24.3 Å². The Morgan fingerprint density at radius 1 is 1.75 bits per heavy atom. The highest BCUT2D eigenvalue weighted by Crippen LogP contribution is 2.45. The van der Waals surface area contributed by atoms with Crippen LogP contribution < -0.4 is 0 Å². The van der Waals surface area contributed by atoms with E-state index in [9.17, 15) is 4.79 Å². The normalized spacial score (nSPS) is 26.1. The molecule has 0 fully saturated rings. The first-order chi connectivity index (χ1) is 9.24. The van der Waals surface area contributed by atoms with Crippen LogP contribution in [0, 0.1) is 28.7 Å². The first-order valence-electron chi connectivity index (χ1n) is 6.88. The minimum atomic E-state index is -0.709. The lowest BCUT2D eigenvalue weighted by Crippen LogP contribution is -2.43. The number of rotatable bonds is 4. The molecule has 4 heteroatoms. The van der Waals surface area contributed by atoms with Gasteiger partial charge in [-0.25, -0.2) is 4.90 Å². The molecule has 20 heavy (non-hydrogen) atoms. The van der Waals surface area contributed by atoms with E-state index in [-0.39, 0.29) is 29.7 Å². The Kier molecular flexibility index (Phi) is 5.42. The highest BCUT2D eigenvalue weighted by atomic mass is 35.5. The van der Waals surface area contributed by atoms with Crippen molar-refractivity contribution in [1.82, 2.24) is 4.90 Å². The molecule has 3 atom stereocenters. The summed E-state index contributed by atoms with van der Waals surface area (Å²) in [7, 11) is 0. The van der Waals surface area contributed by atoms with Crippen molar-refractivity contribution in [3.8, 4) is 6.19 Å². The smallest absolute Gasteiger partial charge is 0.254 e. The lowest BCUT2D eigenvalue weighted by Gasteiger charge is -2.42. The molecule has 0 radical (unpaired) electrons. The maximum absolute atomic E-state index is 12.3. The molecule has 1 aliphatic rings. The molecule has 0 heterocycles. The summed E-state index contributed by atoms with van der Waals surface area (Å²) < 4.78 is 0. The molecule has 1 aliphatic carbocycles. The van der Waals surface area contributed by atoms with Crippen LogP contribution >= 0.6 is 11.6 Å². The second-order valence-electron chi connectivity index (χ2n) is 6.28. The van der Waals surface area contributed by atoms with Crippen LogP contribution in [-0.4, -0.2) is 22.7 Å². The molecule has 0 saturated carbocycles. The van der Waals surface area contributed by atoms with Crippen LogP contribution in [0.4, 0.5) is 0 Å². The number of hydrogen-bond acceptors (Lipinski definition) is 2. The molecule has 3 nitrogen and oxygen atoms in total. The average Bonchev–Trinajstić information content (AvgIpc) is 2.38. The Balaban J connectivity index is 2.98. The van der Waals surface area contributed by atoms with Crippen molar-refractivity contribution in [2.75, 3.05) is 6.54 Å². The fraction of sp³-hybridized carbons (Fsp3) is 0.625. The Bertz CT molecular complexity index is 462. The summed E-state index contributed by atoms with van der Waals surface area (Å²) in [5, 5.41) is 8.32. The molecule has 3 unspecified atom stereocenters. The highest BCUT2D eigenvalue weighted by Gasteiger charge is 2.41. The molecular weight excluding hydrogens is 272 g/mol. The molecule has 0 spiro atoms. The van der Waals surface area contributed by atoms with Crippen LogP contribution in [0.1, 0.15) is 34.1 Å². The summed E-state index contributed by atoms with van der Waals surface area (Å²) in [4.78, 5) is 13.4. The monoisotopic (exact) mass is 294 g/mol. The molecule has 0 N–H and O–H groups in total. The molecule has 0 aliphatic heterocycles. The zero-order valence-corrected chi connectivity index (χ0v) is 13.4. The van der Waals surface area contributed by atoms with Gasteiger partial charge in [0.2, 0.25) is 0 Å². The minimum Gasteiger partial charge on any atom is -0.272 e. The molecule has 0 aromatic heterocycles. The lowest BCUT2D eigenvalue weighted by molar-refractivity contribution is -0.128. The predicted octanol–water partition coefficient (Wildman–Crippen LogP) is 3.72. The van der Waals surface area contributed by atoms with E-state index in [0.717, 1.165) is 11.3 Å². The van der Waals surface area contributed by atoms with Crippen LogP contribution in [-0.2, 0) is 4.79 Å². The number of halogens is 1. The number of allylic oxidation sites excluding steroid dienone is 2. The predicted molar refractivity (Wildman–Crippen MR) is 82.0 cm³/mol. The fourth-order valence-electron chi connectivity index (χ4n) is 2.89. The Morgan fingerprint density at radius 3 is 2.85 bits per heavy atom. The van der Waals surface area contributed by atoms with Gasteiger partial charge in [-0.2, -0.15) is 5.26 Å². The summed E-state index contributed by atoms with van der Waals surface area (Å²) in [5.74, 6) is -0.108. The van der Waals surface area contributed by atoms with Gasteiger partial charge in [-0.05, 0) is 24.7 Å². The topological polar surface area (TPSA) is 44.1 Å². The lowest BCUT2D eigenvalue weighted by atomic mass is 9.64. The van der Waals surface area contributed by atoms with Gasteiger partial charge in [-0.15, -0.1) is 18.2 Å². The molecule has 0 bridgehead atoms. The van der Waals surface area contributed by atoms with Gasteiger partial charge >= 0.3 is 0 Å². The van der Waals surface area contributed by atoms with Gasteiger partial charge in [0.15, 0.2) is 6.19 Å². The highest BCUT2D eigenvalue weighted by molar-refractivity contribution is 6.31. The van der Waals surface area contributed by atoms with Crippen molar-refractivity contribution >= 4 is 17.5 Å². The number of nitriles is 1. The van der Waals surface area contributed by atoms with Gasteiger partial charge in [0.05, 0.1) is 6.54 Å². The van der Waals surface area contributed by atoms with E-state index in [1.165, 1.54) is 11.6 Å². The molecule has 1 rings (SSSR count). The van der Waals surface area contributed by atoms with Crippen LogP contribution in [0.25, 0.3) is 0 Å². The van der Waals surface area contributed by atoms with E-state index in [4.69, 9.17) is 16.9 Å². The minimum absolute atomic E-state index is 0.0476. The van der Waals surface area contributed by atoms with E-state index >= 15 is 0 Å². The summed E-state index contributed by atoms with van der Waals surface area (Å²) in [6.45, 7) is 12.3. The van der Waals surface area contributed by atoms with E-state index < -0.39 is 5.38 Å². The van der Waals surface area contributed by atoms with Crippen molar-refractivity contribution in [2.24, 2.45) is 17.3 Å².